The Kier molecular flexibility index (Phi) is 5.94. The molecule has 0 unspecified atom stereocenters. The van der Waals surface area contributed by atoms with Gasteiger partial charge >= 0.3 is 5.97 Å². The van der Waals surface area contributed by atoms with E-state index in [4.69, 9.17) is 21.1 Å². The van der Waals surface area contributed by atoms with Crippen LogP contribution in [0.15, 0.2) is 47.4 Å². The summed E-state index contributed by atoms with van der Waals surface area (Å²) in [5, 5.41) is 1.65. The second kappa shape index (κ2) is 8.59. The number of benzene rings is 2. The third-order valence-electron chi connectivity index (χ3n) is 4.40. The molecule has 1 saturated heterocycles. The van der Waals surface area contributed by atoms with Gasteiger partial charge in [-0.3, -0.25) is 4.79 Å². The number of aromatic nitrogens is 1. The number of nitrogens with zero attached hydrogens (tertiary/aromatic N) is 2. The van der Waals surface area contributed by atoms with Gasteiger partial charge in [-0.15, -0.1) is 11.8 Å². The van der Waals surface area contributed by atoms with Crippen molar-refractivity contribution < 1.29 is 14.3 Å². The average Bonchev–Trinajstić information content (AvgIpc) is 3.09. The van der Waals surface area contributed by atoms with Gasteiger partial charge in [-0.25, -0.2) is 4.98 Å². The number of hydrogen-bond acceptors (Lipinski definition) is 7. The van der Waals surface area contributed by atoms with E-state index in [1.54, 1.807) is 30.2 Å². The molecule has 28 heavy (non-hydrogen) atoms. The zero-order valence-corrected chi connectivity index (χ0v) is 17.6. The molecule has 1 fully saturated rings. The molecule has 1 aliphatic rings. The topological polar surface area (TPSA) is 51.7 Å². The Hall–Kier alpha value is -1.96. The molecule has 0 saturated carbocycles. The maximum absolute atomic E-state index is 12.1. The fourth-order valence-electron chi connectivity index (χ4n) is 2.91. The lowest BCUT2D eigenvalue weighted by atomic mass is 10.2. The van der Waals surface area contributed by atoms with E-state index in [-0.39, 0.29) is 12.1 Å². The second-order valence-corrected chi connectivity index (χ2v) is 8.99. The molecular weight excluding hydrogens is 416 g/mol. The number of esters is 1. The van der Waals surface area contributed by atoms with E-state index in [1.165, 1.54) is 0 Å². The number of rotatable bonds is 7. The quantitative estimate of drug-likeness (QED) is 0.390. The monoisotopic (exact) mass is 434 g/mol. The molecule has 0 bridgehead atoms. The molecule has 5 nitrogen and oxygen atoms in total. The number of anilines is 1. The van der Waals surface area contributed by atoms with Gasteiger partial charge in [-0.2, -0.15) is 0 Å². The average molecular weight is 435 g/mol. The van der Waals surface area contributed by atoms with E-state index in [2.05, 4.69) is 9.88 Å². The Bertz CT molecular complexity index is 971. The summed E-state index contributed by atoms with van der Waals surface area (Å²) in [6, 6.07) is 13.5. The minimum Gasteiger partial charge on any atom is -0.494 e. The van der Waals surface area contributed by atoms with Crippen LogP contribution >= 0.6 is 34.7 Å². The minimum absolute atomic E-state index is 0.0676. The van der Waals surface area contributed by atoms with Crippen LogP contribution in [0.25, 0.3) is 10.2 Å². The summed E-state index contributed by atoms with van der Waals surface area (Å²) >= 11 is 9.12. The number of fused-ring (bicyclic) bond motifs is 1. The number of hydrogen-bond donors (Lipinski definition) is 0. The lowest BCUT2D eigenvalue weighted by molar-refractivity contribution is -0.149. The first-order valence-electron chi connectivity index (χ1n) is 8.89. The van der Waals surface area contributed by atoms with E-state index in [1.807, 2.05) is 42.5 Å². The van der Waals surface area contributed by atoms with Crippen molar-refractivity contribution >= 4 is 56.0 Å². The fraction of sp³-hybridized carbons (Fsp3) is 0.300. The Morgan fingerprint density at radius 1 is 1.29 bits per heavy atom. The van der Waals surface area contributed by atoms with Gasteiger partial charge in [0, 0.05) is 15.7 Å². The first-order valence-corrected chi connectivity index (χ1v) is 11.1. The summed E-state index contributed by atoms with van der Waals surface area (Å²) in [7, 11) is 1.65. The summed E-state index contributed by atoms with van der Waals surface area (Å²) in [6.45, 7) is 1.36. The van der Waals surface area contributed by atoms with Crippen LogP contribution in [-0.2, 0) is 9.53 Å². The van der Waals surface area contributed by atoms with E-state index >= 15 is 0 Å². The number of halogens is 1. The second-order valence-electron chi connectivity index (χ2n) is 6.37. The van der Waals surface area contributed by atoms with Gasteiger partial charge in [0.1, 0.15) is 17.4 Å². The summed E-state index contributed by atoms with van der Waals surface area (Å²) in [6.07, 6.45) is 0.323. The van der Waals surface area contributed by atoms with Gasteiger partial charge in [0.15, 0.2) is 5.13 Å². The van der Waals surface area contributed by atoms with E-state index < -0.39 is 0 Å². The van der Waals surface area contributed by atoms with Crippen molar-refractivity contribution in [3.8, 4) is 5.75 Å². The van der Waals surface area contributed by atoms with Crippen LogP contribution in [0.3, 0.4) is 0 Å². The van der Waals surface area contributed by atoms with Crippen molar-refractivity contribution in [1.29, 1.82) is 0 Å². The lowest BCUT2D eigenvalue weighted by Gasteiger charge is -2.38. The third kappa shape index (κ3) is 4.37. The lowest BCUT2D eigenvalue weighted by Crippen LogP contribution is -2.53. The van der Waals surface area contributed by atoms with E-state index in [0.717, 1.165) is 26.0 Å². The van der Waals surface area contributed by atoms with Crippen molar-refractivity contribution in [1.82, 2.24) is 4.98 Å². The molecule has 3 aromatic rings. The molecule has 0 spiro atoms. The first kappa shape index (κ1) is 19.4. The summed E-state index contributed by atoms with van der Waals surface area (Å²) in [5.41, 5.74) is 0.879. The number of methoxy groups -OCH3 is 1. The number of ether oxygens (including phenoxy) is 2. The Morgan fingerprint density at radius 2 is 2.07 bits per heavy atom. The van der Waals surface area contributed by atoms with E-state index in [9.17, 15) is 4.79 Å². The van der Waals surface area contributed by atoms with Crippen LogP contribution in [0.1, 0.15) is 6.42 Å². The molecule has 146 valence electrons. The van der Waals surface area contributed by atoms with Crippen LogP contribution in [0.4, 0.5) is 5.13 Å². The van der Waals surface area contributed by atoms with Crippen molar-refractivity contribution in [2.75, 3.05) is 30.9 Å². The smallest absolute Gasteiger partial charge is 0.307 e. The predicted octanol–water partition coefficient (Wildman–Crippen LogP) is 4.87. The van der Waals surface area contributed by atoms with Crippen LogP contribution in [0.5, 0.6) is 5.75 Å². The van der Waals surface area contributed by atoms with Gasteiger partial charge in [0.05, 0.1) is 31.3 Å². The molecule has 0 radical (unpaired) electrons. The SMILES string of the molecule is COc1cccc2sc(N3CC(OC(=O)CCSc4ccc(Cl)cc4)C3)nc12. The number of para-hydroxylation sites is 1. The van der Waals surface area contributed by atoms with Crippen LogP contribution in [-0.4, -0.2) is 43.0 Å². The van der Waals surface area contributed by atoms with Crippen LogP contribution in [0.2, 0.25) is 5.02 Å². The standard InChI is InChI=1S/C20H19ClN2O3S2/c1-25-16-3-2-4-17-19(16)22-20(28-17)23-11-14(12-23)26-18(24)9-10-27-15-7-5-13(21)6-8-15/h2-8,14H,9-12H2,1H3. The maximum atomic E-state index is 12.1. The van der Waals surface area contributed by atoms with Gasteiger partial charge in [-0.05, 0) is 36.4 Å². The highest BCUT2D eigenvalue weighted by atomic mass is 35.5. The molecular formula is C20H19ClN2O3S2. The fourth-order valence-corrected chi connectivity index (χ4v) is 4.87. The van der Waals surface area contributed by atoms with E-state index in [0.29, 0.717) is 30.3 Å². The molecule has 0 N–H and O–H groups in total. The summed E-state index contributed by atoms with van der Waals surface area (Å²) < 4.78 is 12.0. The van der Waals surface area contributed by atoms with Gasteiger partial charge in [0.2, 0.25) is 0 Å². The number of thioether (sulfide) groups is 1. The van der Waals surface area contributed by atoms with Crippen molar-refractivity contribution in [3.05, 3.63) is 47.5 Å². The predicted molar refractivity (Wildman–Crippen MR) is 115 cm³/mol. The highest BCUT2D eigenvalue weighted by Crippen LogP contribution is 2.36. The van der Waals surface area contributed by atoms with Crippen molar-refractivity contribution in [2.24, 2.45) is 0 Å². The Balaban J connectivity index is 1.23. The molecule has 0 aliphatic carbocycles. The molecule has 0 atom stereocenters. The molecule has 1 aliphatic heterocycles. The van der Waals surface area contributed by atoms with Crippen LogP contribution < -0.4 is 9.64 Å². The highest BCUT2D eigenvalue weighted by molar-refractivity contribution is 7.99. The Morgan fingerprint density at radius 3 is 2.82 bits per heavy atom. The summed E-state index contributed by atoms with van der Waals surface area (Å²) in [5.74, 6) is 1.31. The minimum atomic E-state index is -0.155. The molecule has 1 aromatic heterocycles. The van der Waals surface area contributed by atoms with Gasteiger partial charge < -0.3 is 14.4 Å². The van der Waals surface area contributed by atoms with Gasteiger partial charge in [0.25, 0.3) is 0 Å². The molecule has 0 amide bonds. The molecule has 8 heteroatoms. The van der Waals surface area contributed by atoms with Crippen molar-refractivity contribution in [2.45, 2.75) is 17.4 Å². The molecule has 2 aromatic carbocycles. The maximum Gasteiger partial charge on any atom is 0.307 e. The van der Waals surface area contributed by atoms with Crippen molar-refractivity contribution in [3.63, 3.8) is 0 Å². The number of thiazole rings is 1. The number of carbonyl (C=O) groups is 1. The zero-order valence-electron chi connectivity index (χ0n) is 15.3. The van der Waals surface area contributed by atoms with Gasteiger partial charge in [-0.1, -0.05) is 29.0 Å². The third-order valence-corrected chi connectivity index (χ3v) is 6.74. The largest absolute Gasteiger partial charge is 0.494 e. The zero-order chi connectivity index (χ0) is 19.5. The first-order chi connectivity index (χ1) is 13.6. The Labute approximate surface area is 176 Å². The normalized spacial score (nSPS) is 14.1. The van der Waals surface area contributed by atoms with Crippen LogP contribution in [0, 0.1) is 0 Å². The summed E-state index contributed by atoms with van der Waals surface area (Å²) in [4.78, 5) is 20.0. The molecule has 2 heterocycles. The molecule has 4 rings (SSSR count). The highest BCUT2D eigenvalue weighted by Gasteiger charge is 2.32. The number of carbonyl (C=O) groups excluding carboxylic acids is 1.